The molecule has 0 bridgehead atoms. The monoisotopic (exact) mass is 320 g/mol. The Morgan fingerprint density at radius 1 is 1.25 bits per heavy atom. The second-order valence-corrected chi connectivity index (χ2v) is 6.34. The number of carbonyl (C=O) groups excluding carboxylic acids is 1. The summed E-state index contributed by atoms with van der Waals surface area (Å²) in [6, 6.07) is 12.5. The van der Waals surface area contributed by atoms with Crippen LogP contribution in [0.15, 0.2) is 55.0 Å². The molecule has 2 aromatic heterocycles. The summed E-state index contributed by atoms with van der Waals surface area (Å²) in [5.41, 5.74) is 4.53. The summed E-state index contributed by atoms with van der Waals surface area (Å²) in [5.74, 6) is 0. The largest absolute Gasteiger partial charge is 0.334 e. The van der Waals surface area contributed by atoms with Crippen LogP contribution in [0.4, 0.5) is 4.79 Å². The van der Waals surface area contributed by atoms with E-state index in [9.17, 15) is 4.79 Å². The number of fused-ring (bicyclic) bond motifs is 2. The number of pyridine rings is 1. The summed E-state index contributed by atoms with van der Waals surface area (Å²) >= 11 is 0. The molecule has 0 saturated heterocycles. The quantitative estimate of drug-likeness (QED) is 0.789. The molecule has 122 valence electrons. The van der Waals surface area contributed by atoms with Gasteiger partial charge in [0.15, 0.2) is 0 Å². The Kier molecular flexibility index (Phi) is 3.69. The molecule has 1 atom stereocenters. The molecule has 1 aliphatic rings. The van der Waals surface area contributed by atoms with Crippen molar-refractivity contribution in [3.8, 4) is 0 Å². The van der Waals surface area contributed by atoms with Crippen LogP contribution in [0.25, 0.3) is 5.65 Å². The van der Waals surface area contributed by atoms with Crippen LogP contribution >= 0.6 is 0 Å². The van der Waals surface area contributed by atoms with Crippen LogP contribution < -0.4 is 5.32 Å². The number of imidazole rings is 1. The molecule has 1 unspecified atom stereocenters. The number of amides is 2. The molecular formula is C19H20N4O. The molecule has 24 heavy (non-hydrogen) atoms. The first-order valence-electron chi connectivity index (χ1n) is 8.23. The topological polar surface area (TPSA) is 49.6 Å². The van der Waals surface area contributed by atoms with Crippen molar-refractivity contribution in [3.63, 3.8) is 0 Å². The van der Waals surface area contributed by atoms with E-state index in [0.29, 0.717) is 13.1 Å². The van der Waals surface area contributed by atoms with Crippen molar-refractivity contribution < 1.29 is 4.79 Å². The van der Waals surface area contributed by atoms with Gasteiger partial charge in [0.05, 0.1) is 0 Å². The van der Waals surface area contributed by atoms with Crippen molar-refractivity contribution in [1.29, 1.82) is 0 Å². The molecule has 5 heteroatoms. The predicted molar refractivity (Wildman–Crippen MR) is 92.6 cm³/mol. The summed E-state index contributed by atoms with van der Waals surface area (Å²) in [4.78, 5) is 18.8. The average Bonchev–Trinajstić information content (AvgIpc) is 3.06. The maximum Gasteiger partial charge on any atom is 0.318 e. The van der Waals surface area contributed by atoms with Gasteiger partial charge in [0.2, 0.25) is 0 Å². The first kappa shape index (κ1) is 14.8. The van der Waals surface area contributed by atoms with Gasteiger partial charge in [-0.2, -0.15) is 0 Å². The Hall–Kier alpha value is -2.82. The molecular weight excluding hydrogens is 300 g/mol. The molecule has 4 rings (SSSR count). The van der Waals surface area contributed by atoms with E-state index in [1.54, 1.807) is 6.20 Å². The summed E-state index contributed by atoms with van der Waals surface area (Å²) in [5, 5.41) is 3.04. The number of nitrogens with zero attached hydrogens (tertiary/aromatic N) is 3. The van der Waals surface area contributed by atoms with Crippen molar-refractivity contribution in [2.24, 2.45) is 0 Å². The first-order valence-corrected chi connectivity index (χ1v) is 8.23. The highest BCUT2D eigenvalue weighted by Crippen LogP contribution is 2.23. The minimum Gasteiger partial charge on any atom is -0.334 e. The number of rotatable bonds is 2. The van der Waals surface area contributed by atoms with E-state index in [1.807, 2.05) is 39.9 Å². The van der Waals surface area contributed by atoms with Gasteiger partial charge in [-0.05, 0) is 42.2 Å². The lowest BCUT2D eigenvalue weighted by molar-refractivity contribution is 0.168. The molecule has 0 aliphatic carbocycles. The summed E-state index contributed by atoms with van der Waals surface area (Å²) in [7, 11) is 0. The van der Waals surface area contributed by atoms with E-state index < -0.39 is 0 Å². The molecule has 1 aliphatic heterocycles. The van der Waals surface area contributed by atoms with E-state index in [2.05, 4.69) is 35.4 Å². The number of nitrogens with one attached hydrogen (secondary N) is 1. The maximum atomic E-state index is 12.6. The van der Waals surface area contributed by atoms with Gasteiger partial charge in [-0.1, -0.05) is 24.3 Å². The number of carbonyl (C=O) groups is 1. The zero-order valence-electron chi connectivity index (χ0n) is 13.6. The van der Waals surface area contributed by atoms with Gasteiger partial charge in [-0.15, -0.1) is 0 Å². The predicted octanol–water partition coefficient (Wildman–Crippen LogP) is 2.99. The molecule has 0 spiro atoms. The van der Waals surface area contributed by atoms with Crippen LogP contribution in [-0.2, 0) is 19.5 Å². The van der Waals surface area contributed by atoms with Gasteiger partial charge in [-0.25, -0.2) is 9.78 Å². The van der Waals surface area contributed by atoms with Gasteiger partial charge < -0.3 is 14.6 Å². The molecule has 2 amide bonds. The van der Waals surface area contributed by atoms with Crippen LogP contribution in [0.5, 0.6) is 0 Å². The minimum absolute atomic E-state index is 0.0137. The molecule has 0 saturated carbocycles. The fourth-order valence-corrected chi connectivity index (χ4v) is 3.29. The third kappa shape index (κ3) is 2.73. The maximum absolute atomic E-state index is 12.6. The van der Waals surface area contributed by atoms with Gasteiger partial charge in [0.25, 0.3) is 0 Å². The molecule has 1 N–H and O–H groups in total. The van der Waals surface area contributed by atoms with Crippen LogP contribution in [0.1, 0.15) is 23.6 Å². The molecule has 5 nitrogen and oxygen atoms in total. The molecule has 0 radical (unpaired) electrons. The lowest BCUT2D eigenvalue weighted by atomic mass is 9.95. The van der Waals surface area contributed by atoms with Gasteiger partial charge in [-0.3, -0.25) is 0 Å². The SMILES string of the molecule is CC1Cc2ccccc2CN1C(=O)NCc1ccn2ccnc2c1. The van der Waals surface area contributed by atoms with Crippen LogP contribution in [-0.4, -0.2) is 26.4 Å². The average molecular weight is 320 g/mol. The van der Waals surface area contributed by atoms with E-state index in [4.69, 9.17) is 0 Å². The van der Waals surface area contributed by atoms with Crippen molar-refractivity contribution in [1.82, 2.24) is 19.6 Å². The Balaban J connectivity index is 1.44. The summed E-state index contributed by atoms with van der Waals surface area (Å²) < 4.78 is 1.95. The van der Waals surface area contributed by atoms with Crippen molar-refractivity contribution in [3.05, 3.63) is 71.7 Å². The molecule has 3 heterocycles. The van der Waals surface area contributed by atoms with E-state index in [-0.39, 0.29) is 12.1 Å². The van der Waals surface area contributed by atoms with E-state index in [1.165, 1.54) is 11.1 Å². The Labute approximate surface area is 140 Å². The first-order chi connectivity index (χ1) is 11.7. The smallest absolute Gasteiger partial charge is 0.318 e. The molecule has 0 fully saturated rings. The lowest BCUT2D eigenvalue weighted by Crippen LogP contribution is -2.47. The van der Waals surface area contributed by atoms with E-state index >= 15 is 0 Å². The van der Waals surface area contributed by atoms with Gasteiger partial charge in [0, 0.05) is 37.7 Å². The summed E-state index contributed by atoms with van der Waals surface area (Å²) in [6.45, 7) is 3.28. The fourth-order valence-electron chi connectivity index (χ4n) is 3.29. The van der Waals surface area contributed by atoms with Crippen molar-refractivity contribution in [2.45, 2.75) is 32.5 Å². The highest BCUT2D eigenvalue weighted by Gasteiger charge is 2.26. The zero-order valence-corrected chi connectivity index (χ0v) is 13.6. The molecule has 3 aromatic rings. The Morgan fingerprint density at radius 2 is 2.08 bits per heavy atom. The third-order valence-corrected chi connectivity index (χ3v) is 4.67. The summed E-state index contributed by atoms with van der Waals surface area (Å²) in [6.07, 6.45) is 6.54. The van der Waals surface area contributed by atoms with Crippen LogP contribution in [0.2, 0.25) is 0 Å². The molecule has 1 aromatic carbocycles. The standard InChI is InChI=1S/C19H20N4O/c1-14-10-16-4-2-3-5-17(16)13-23(14)19(24)21-12-15-6-8-22-9-7-20-18(22)11-15/h2-9,11,14H,10,12-13H2,1H3,(H,21,24). The minimum atomic E-state index is -0.0137. The fraction of sp³-hybridized carbons (Fsp3) is 0.263. The Morgan fingerprint density at radius 3 is 2.96 bits per heavy atom. The number of hydrogen-bond donors (Lipinski definition) is 1. The van der Waals surface area contributed by atoms with Crippen molar-refractivity contribution in [2.75, 3.05) is 0 Å². The lowest BCUT2D eigenvalue weighted by Gasteiger charge is -2.34. The van der Waals surface area contributed by atoms with Crippen molar-refractivity contribution >= 4 is 11.7 Å². The second-order valence-electron chi connectivity index (χ2n) is 6.34. The normalized spacial score (nSPS) is 16.9. The number of hydrogen-bond acceptors (Lipinski definition) is 2. The number of benzene rings is 1. The highest BCUT2D eigenvalue weighted by molar-refractivity contribution is 5.75. The third-order valence-electron chi connectivity index (χ3n) is 4.67. The second kappa shape index (κ2) is 6.00. The number of aromatic nitrogens is 2. The van der Waals surface area contributed by atoms with Crippen LogP contribution in [0.3, 0.4) is 0 Å². The van der Waals surface area contributed by atoms with Gasteiger partial charge >= 0.3 is 6.03 Å². The van der Waals surface area contributed by atoms with Crippen LogP contribution in [0, 0.1) is 0 Å². The Bertz CT molecular complexity index is 886. The van der Waals surface area contributed by atoms with E-state index in [0.717, 1.165) is 17.6 Å². The zero-order chi connectivity index (χ0) is 16.5. The number of urea groups is 1. The highest BCUT2D eigenvalue weighted by atomic mass is 16.2. The van der Waals surface area contributed by atoms with Gasteiger partial charge in [0.1, 0.15) is 5.65 Å².